The molecule has 1 amide bonds. The first kappa shape index (κ1) is 20.4. The summed E-state index contributed by atoms with van der Waals surface area (Å²) < 4.78 is 3.17. The zero-order valence-electron chi connectivity index (χ0n) is 18.2. The Morgan fingerprint density at radius 2 is 1.91 bits per heavy atom. The van der Waals surface area contributed by atoms with Gasteiger partial charge >= 0.3 is 0 Å². The Bertz CT molecular complexity index is 1570. The van der Waals surface area contributed by atoms with Gasteiger partial charge in [0.15, 0.2) is 5.82 Å². The Morgan fingerprint density at radius 1 is 1.12 bits per heavy atom. The number of nitrogens with one attached hydrogen (secondary N) is 1. The third-order valence-corrected chi connectivity index (χ3v) is 5.78. The first-order valence-corrected chi connectivity index (χ1v) is 10.5. The number of pyridine rings is 1. The van der Waals surface area contributed by atoms with E-state index in [2.05, 4.69) is 15.4 Å². The summed E-state index contributed by atoms with van der Waals surface area (Å²) >= 11 is 0. The average molecular weight is 438 g/mol. The maximum atomic E-state index is 13.6. The predicted octanol–water partition coefficient (Wildman–Crippen LogP) is 3.42. The molecule has 0 spiro atoms. The fraction of sp³-hybridized carbons (Fsp3) is 0.120. The standard InChI is InChI=1S/C25H22N6O2/c1-15-7-6-8-17-13-19(31(25(33)21(15)17)18-9-4-3-5-10-18)16(2)28-24(32)22-20-14-27-11-12-30(20)29-23(22)26/h3-14,16H,1-2H3,(H2,26,29)(H,28,32)/t16-/m0/s1. The summed E-state index contributed by atoms with van der Waals surface area (Å²) in [6, 6.07) is 16.6. The van der Waals surface area contributed by atoms with Crippen molar-refractivity contribution in [2.24, 2.45) is 0 Å². The van der Waals surface area contributed by atoms with Crippen LogP contribution >= 0.6 is 0 Å². The number of anilines is 1. The van der Waals surface area contributed by atoms with E-state index < -0.39 is 6.04 Å². The number of nitrogen functional groups attached to an aromatic ring is 1. The quantitative estimate of drug-likeness (QED) is 0.447. The van der Waals surface area contributed by atoms with E-state index >= 15 is 0 Å². The molecule has 2 aromatic carbocycles. The molecule has 33 heavy (non-hydrogen) atoms. The molecule has 164 valence electrons. The minimum Gasteiger partial charge on any atom is -0.382 e. The molecule has 0 radical (unpaired) electrons. The zero-order chi connectivity index (χ0) is 23.1. The van der Waals surface area contributed by atoms with Gasteiger partial charge in [-0.3, -0.25) is 19.1 Å². The number of hydrogen-bond donors (Lipinski definition) is 2. The van der Waals surface area contributed by atoms with Gasteiger partial charge < -0.3 is 11.1 Å². The maximum absolute atomic E-state index is 13.6. The minimum absolute atomic E-state index is 0.113. The van der Waals surface area contributed by atoms with Crippen LogP contribution < -0.4 is 16.6 Å². The summed E-state index contributed by atoms with van der Waals surface area (Å²) in [6.45, 7) is 3.76. The van der Waals surface area contributed by atoms with Gasteiger partial charge in [-0.2, -0.15) is 0 Å². The van der Waals surface area contributed by atoms with Crippen LogP contribution in [0.3, 0.4) is 0 Å². The highest BCUT2D eigenvalue weighted by Crippen LogP contribution is 2.24. The molecule has 0 aliphatic rings. The van der Waals surface area contributed by atoms with Crippen LogP contribution in [0.1, 0.15) is 34.6 Å². The summed E-state index contributed by atoms with van der Waals surface area (Å²) in [5.74, 6) is -0.276. The van der Waals surface area contributed by atoms with Crippen LogP contribution in [0.25, 0.3) is 22.0 Å². The van der Waals surface area contributed by atoms with Crippen LogP contribution in [0, 0.1) is 6.92 Å². The van der Waals surface area contributed by atoms with Gasteiger partial charge in [-0.1, -0.05) is 36.4 Å². The second kappa shape index (κ2) is 7.90. The molecule has 0 aliphatic heterocycles. The molecule has 0 saturated heterocycles. The topological polar surface area (TPSA) is 107 Å². The molecule has 0 fully saturated rings. The smallest absolute Gasteiger partial charge is 0.263 e. The Labute approximate surface area is 189 Å². The molecule has 3 aromatic heterocycles. The number of amides is 1. The van der Waals surface area contributed by atoms with E-state index in [1.807, 2.05) is 68.4 Å². The van der Waals surface area contributed by atoms with Gasteiger partial charge in [0.25, 0.3) is 11.5 Å². The van der Waals surface area contributed by atoms with Crippen molar-refractivity contribution in [1.82, 2.24) is 24.5 Å². The second-order valence-electron chi connectivity index (χ2n) is 7.95. The molecule has 0 aliphatic carbocycles. The summed E-state index contributed by atoms with van der Waals surface area (Å²) in [5, 5.41) is 8.65. The summed E-state index contributed by atoms with van der Waals surface area (Å²) in [7, 11) is 0. The van der Waals surface area contributed by atoms with E-state index in [1.165, 1.54) is 4.52 Å². The number of carbonyl (C=O) groups excluding carboxylic acids is 1. The first-order chi connectivity index (χ1) is 16.0. The van der Waals surface area contributed by atoms with Crippen molar-refractivity contribution >= 4 is 28.0 Å². The molecule has 1 atom stereocenters. The van der Waals surface area contributed by atoms with Crippen LogP contribution in [0.15, 0.2) is 78.0 Å². The van der Waals surface area contributed by atoms with Gasteiger partial charge in [-0.25, -0.2) is 4.52 Å². The number of carbonyl (C=O) groups is 1. The van der Waals surface area contributed by atoms with Gasteiger partial charge in [0.05, 0.1) is 23.1 Å². The minimum atomic E-state index is -0.499. The Balaban J connectivity index is 1.64. The van der Waals surface area contributed by atoms with Gasteiger partial charge in [-0.15, -0.1) is 5.10 Å². The summed E-state index contributed by atoms with van der Waals surface area (Å²) in [6.07, 6.45) is 4.74. The predicted molar refractivity (Wildman–Crippen MR) is 128 cm³/mol. The molecule has 5 aromatic rings. The van der Waals surface area contributed by atoms with Crippen molar-refractivity contribution in [3.8, 4) is 5.69 Å². The second-order valence-corrected chi connectivity index (χ2v) is 7.95. The largest absolute Gasteiger partial charge is 0.382 e. The van der Waals surface area contributed by atoms with E-state index in [9.17, 15) is 9.59 Å². The number of para-hydroxylation sites is 1. The number of hydrogen-bond acceptors (Lipinski definition) is 5. The van der Waals surface area contributed by atoms with Crippen molar-refractivity contribution in [3.63, 3.8) is 0 Å². The molecule has 0 bridgehead atoms. The van der Waals surface area contributed by atoms with Crippen molar-refractivity contribution in [2.75, 3.05) is 5.73 Å². The van der Waals surface area contributed by atoms with Gasteiger partial charge in [0.1, 0.15) is 5.56 Å². The SMILES string of the molecule is Cc1cccc2cc([C@H](C)NC(=O)c3c(N)nn4ccncc34)n(-c3ccccc3)c(=O)c12. The molecule has 3 heterocycles. The lowest BCUT2D eigenvalue weighted by atomic mass is 10.0. The Kier molecular flexibility index (Phi) is 4.90. The van der Waals surface area contributed by atoms with E-state index in [0.717, 1.165) is 16.6 Å². The van der Waals surface area contributed by atoms with Crippen molar-refractivity contribution < 1.29 is 4.79 Å². The maximum Gasteiger partial charge on any atom is 0.263 e. The van der Waals surface area contributed by atoms with Crippen LogP contribution in [-0.2, 0) is 0 Å². The monoisotopic (exact) mass is 438 g/mol. The summed E-state index contributed by atoms with van der Waals surface area (Å²) in [5.41, 5.74) is 8.94. The van der Waals surface area contributed by atoms with E-state index in [4.69, 9.17) is 5.73 Å². The number of rotatable bonds is 4. The molecular weight excluding hydrogens is 416 g/mol. The lowest BCUT2D eigenvalue weighted by molar-refractivity contribution is 0.0941. The van der Waals surface area contributed by atoms with Gasteiger partial charge in [0, 0.05) is 23.8 Å². The lowest BCUT2D eigenvalue weighted by Crippen LogP contribution is -2.32. The highest BCUT2D eigenvalue weighted by Gasteiger charge is 2.23. The van der Waals surface area contributed by atoms with Crippen LogP contribution in [0.2, 0.25) is 0 Å². The third-order valence-electron chi connectivity index (χ3n) is 5.78. The van der Waals surface area contributed by atoms with E-state index in [0.29, 0.717) is 16.6 Å². The Morgan fingerprint density at radius 3 is 2.70 bits per heavy atom. The average Bonchev–Trinajstić information content (AvgIpc) is 3.15. The van der Waals surface area contributed by atoms with Crippen molar-refractivity contribution in [1.29, 1.82) is 0 Å². The number of aryl methyl sites for hydroxylation is 1. The number of aromatic nitrogens is 4. The highest BCUT2D eigenvalue weighted by atomic mass is 16.2. The van der Waals surface area contributed by atoms with Gasteiger partial charge in [0.2, 0.25) is 0 Å². The molecule has 8 nitrogen and oxygen atoms in total. The molecule has 8 heteroatoms. The Hall–Kier alpha value is -4.46. The number of fused-ring (bicyclic) bond motifs is 2. The third kappa shape index (κ3) is 3.41. The number of nitrogens with two attached hydrogens (primary N) is 1. The van der Waals surface area contributed by atoms with Crippen LogP contribution in [0.5, 0.6) is 0 Å². The first-order valence-electron chi connectivity index (χ1n) is 10.5. The fourth-order valence-corrected chi connectivity index (χ4v) is 4.21. The number of benzene rings is 2. The molecule has 5 rings (SSSR count). The normalized spacial score (nSPS) is 12.2. The molecule has 3 N–H and O–H groups in total. The molecule has 0 unspecified atom stereocenters. The highest BCUT2D eigenvalue weighted by molar-refractivity contribution is 6.05. The van der Waals surface area contributed by atoms with Crippen LogP contribution in [0.4, 0.5) is 5.82 Å². The number of nitrogens with zero attached hydrogens (tertiary/aromatic N) is 4. The van der Waals surface area contributed by atoms with Crippen LogP contribution in [-0.4, -0.2) is 25.1 Å². The summed E-state index contributed by atoms with van der Waals surface area (Å²) in [4.78, 5) is 30.9. The van der Waals surface area contributed by atoms with Gasteiger partial charge in [-0.05, 0) is 43.0 Å². The molecular formula is C25H22N6O2. The van der Waals surface area contributed by atoms with E-state index in [1.54, 1.807) is 23.2 Å². The van der Waals surface area contributed by atoms with Crippen molar-refractivity contribution in [3.05, 3.63) is 100 Å². The molecule has 0 saturated carbocycles. The fourth-order valence-electron chi connectivity index (χ4n) is 4.21. The zero-order valence-corrected chi connectivity index (χ0v) is 18.2. The lowest BCUT2D eigenvalue weighted by Gasteiger charge is -2.21. The van der Waals surface area contributed by atoms with E-state index in [-0.39, 0.29) is 22.8 Å². The van der Waals surface area contributed by atoms with Crippen molar-refractivity contribution in [2.45, 2.75) is 19.9 Å².